The van der Waals surface area contributed by atoms with Gasteiger partial charge in [0.2, 0.25) is 0 Å². The molecule has 84 valence electrons. The van der Waals surface area contributed by atoms with Crippen molar-refractivity contribution in [2.75, 3.05) is 6.61 Å². The van der Waals surface area contributed by atoms with Gasteiger partial charge in [-0.05, 0) is 58.6 Å². The van der Waals surface area contributed by atoms with Gasteiger partial charge in [0.25, 0.3) is 0 Å². The zero-order valence-electron chi connectivity index (χ0n) is 8.79. The third kappa shape index (κ3) is 2.81. The summed E-state index contributed by atoms with van der Waals surface area (Å²) in [6.07, 6.45) is 2.49. The summed E-state index contributed by atoms with van der Waals surface area (Å²) >= 11 is 5.15. The number of hydrogen-bond donors (Lipinski definition) is 2. The van der Waals surface area contributed by atoms with E-state index in [1.807, 2.05) is 0 Å². The minimum absolute atomic E-state index is 0.0889. The van der Waals surface area contributed by atoms with Crippen LogP contribution < -0.4 is 5.32 Å². The van der Waals surface area contributed by atoms with Crippen molar-refractivity contribution in [2.45, 2.75) is 31.8 Å². The van der Waals surface area contributed by atoms with Crippen LogP contribution in [-0.2, 0) is 6.54 Å². The number of rotatable bonds is 5. The molecular weight excluding hydrogens is 274 g/mol. The van der Waals surface area contributed by atoms with Crippen LogP contribution >= 0.6 is 27.3 Å². The first kappa shape index (κ1) is 11.6. The van der Waals surface area contributed by atoms with E-state index in [-0.39, 0.29) is 12.1 Å². The standard InChI is InChI=1S/C11H16BrNOS/c1-11(7-14,9-2-3-9)13-5-8-4-10(12)15-6-8/h4,6,9,13-14H,2-3,5,7H2,1H3. The summed E-state index contributed by atoms with van der Waals surface area (Å²) in [4.78, 5) is 0. The summed E-state index contributed by atoms with van der Waals surface area (Å²) in [6.45, 7) is 3.19. The van der Waals surface area contributed by atoms with Crippen molar-refractivity contribution in [2.24, 2.45) is 5.92 Å². The Kier molecular flexibility index (Phi) is 3.50. The van der Waals surface area contributed by atoms with Crippen molar-refractivity contribution in [3.8, 4) is 0 Å². The maximum absolute atomic E-state index is 9.41. The predicted octanol–water partition coefficient (Wildman–Crippen LogP) is 2.76. The van der Waals surface area contributed by atoms with Crippen LogP contribution in [0.25, 0.3) is 0 Å². The molecule has 0 saturated heterocycles. The number of aliphatic hydroxyl groups is 1. The minimum Gasteiger partial charge on any atom is -0.394 e. The largest absolute Gasteiger partial charge is 0.394 e. The zero-order valence-corrected chi connectivity index (χ0v) is 11.2. The van der Waals surface area contributed by atoms with E-state index in [1.54, 1.807) is 11.3 Å². The maximum atomic E-state index is 9.41. The average molecular weight is 290 g/mol. The molecule has 0 amide bonds. The first-order chi connectivity index (χ1) is 7.14. The average Bonchev–Trinajstić information content (AvgIpc) is 3.00. The van der Waals surface area contributed by atoms with Crippen molar-refractivity contribution < 1.29 is 5.11 Å². The van der Waals surface area contributed by atoms with Gasteiger partial charge in [0.15, 0.2) is 0 Å². The molecule has 4 heteroatoms. The molecule has 1 aliphatic carbocycles. The highest BCUT2D eigenvalue weighted by atomic mass is 79.9. The first-order valence-corrected chi connectivity index (χ1v) is 6.90. The number of thiophene rings is 1. The maximum Gasteiger partial charge on any atom is 0.0701 e. The second-order valence-electron chi connectivity index (χ2n) is 4.46. The van der Waals surface area contributed by atoms with Gasteiger partial charge in [-0.3, -0.25) is 0 Å². The van der Waals surface area contributed by atoms with Crippen molar-refractivity contribution in [3.05, 3.63) is 20.8 Å². The molecule has 2 N–H and O–H groups in total. The molecule has 1 aliphatic rings. The molecule has 1 unspecified atom stereocenters. The van der Waals surface area contributed by atoms with Crippen LogP contribution in [0, 0.1) is 5.92 Å². The van der Waals surface area contributed by atoms with E-state index in [0.717, 1.165) is 10.3 Å². The smallest absolute Gasteiger partial charge is 0.0701 e. The van der Waals surface area contributed by atoms with Gasteiger partial charge >= 0.3 is 0 Å². The Morgan fingerprint density at radius 2 is 2.40 bits per heavy atom. The molecule has 1 fully saturated rings. The minimum atomic E-state index is -0.0889. The molecule has 0 bridgehead atoms. The van der Waals surface area contributed by atoms with E-state index in [4.69, 9.17) is 0 Å². The van der Waals surface area contributed by atoms with E-state index >= 15 is 0 Å². The summed E-state index contributed by atoms with van der Waals surface area (Å²) in [6, 6.07) is 2.13. The third-order valence-corrected chi connectivity index (χ3v) is 4.68. The summed E-state index contributed by atoms with van der Waals surface area (Å²) in [7, 11) is 0. The van der Waals surface area contributed by atoms with Gasteiger partial charge in [0.05, 0.1) is 10.4 Å². The highest BCUT2D eigenvalue weighted by Gasteiger charge is 2.40. The van der Waals surface area contributed by atoms with E-state index in [2.05, 4.69) is 39.6 Å². The number of aliphatic hydroxyl groups excluding tert-OH is 1. The lowest BCUT2D eigenvalue weighted by molar-refractivity contribution is 0.153. The van der Waals surface area contributed by atoms with Crippen molar-refractivity contribution in [1.82, 2.24) is 5.32 Å². The van der Waals surface area contributed by atoms with Gasteiger partial charge in [0.1, 0.15) is 0 Å². The second kappa shape index (κ2) is 4.53. The highest BCUT2D eigenvalue weighted by Crippen LogP contribution is 2.39. The molecule has 2 nitrogen and oxygen atoms in total. The predicted molar refractivity (Wildman–Crippen MR) is 67.1 cm³/mol. The summed E-state index contributed by atoms with van der Waals surface area (Å²) in [5.74, 6) is 0.657. The Bertz CT molecular complexity index is 337. The molecule has 2 rings (SSSR count). The lowest BCUT2D eigenvalue weighted by Crippen LogP contribution is -2.47. The van der Waals surface area contributed by atoms with E-state index in [0.29, 0.717) is 5.92 Å². The SMILES string of the molecule is CC(CO)(NCc1csc(Br)c1)C1CC1. The number of hydrogen-bond acceptors (Lipinski definition) is 3. The number of nitrogens with one attached hydrogen (secondary N) is 1. The van der Waals surface area contributed by atoms with Crippen molar-refractivity contribution >= 4 is 27.3 Å². The highest BCUT2D eigenvalue weighted by molar-refractivity contribution is 9.11. The Morgan fingerprint density at radius 3 is 2.87 bits per heavy atom. The normalized spacial score (nSPS) is 20.2. The number of halogens is 1. The van der Waals surface area contributed by atoms with Crippen molar-refractivity contribution in [1.29, 1.82) is 0 Å². The molecule has 0 aliphatic heterocycles. The Balaban J connectivity index is 1.91. The lowest BCUT2D eigenvalue weighted by atomic mass is 9.97. The molecule has 0 radical (unpaired) electrons. The van der Waals surface area contributed by atoms with Gasteiger partial charge in [-0.25, -0.2) is 0 Å². The van der Waals surface area contributed by atoms with Gasteiger partial charge in [-0.15, -0.1) is 11.3 Å². The Morgan fingerprint density at radius 1 is 1.67 bits per heavy atom. The van der Waals surface area contributed by atoms with Gasteiger partial charge < -0.3 is 10.4 Å². The van der Waals surface area contributed by atoms with Crippen LogP contribution in [0.4, 0.5) is 0 Å². The second-order valence-corrected chi connectivity index (χ2v) is 6.75. The molecule has 0 aromatic carbocycles. The summed E-state index contributed by atoms with van der Waals surface area (Å²) in [5.41, 5.74) is 1.20. The van der Waals surface area contributed by atoms with Crippen LogP contribution in [-0.4, -0.2) is 17.3 Å². The van der Waals surface area contributed by atoms with Gasteiger partial charge in [0, 0.05) is 12.1 Å². The Hall–Kier alpha value is 0.100. The van der Waals surface area contributed by atoms with Crippen LogP contribution in [0.5, 0.6) is 0 Å². The fourth-order valence-corrected chi connectivity index (χ4v) is 3.00. The summed E-state index contributed by atoms with van der Waals surface area (Å²) in [5, 5.41) is 15.0. The molecule has 15 heavy (non-hydrogen) atoms. The topological polar surface area (TPSA) is 32.3 Å². The van der Waals surface area contributed by atoms with Crippen LogP contribution in [0.3, 0.4) is 0 Å². The zero-order chi connectivity index (χ0) is 10.9. The molecule has 1 aromatic rings. The molecule has 1 atom stereocenters. The van der Waals surface area contributed by atoms with Crippen LogP contribution in [0.2, 0.25) is 0 Å². The van der Waals surface area contributed by atoms with E-state index < -0.39 is 0 Å². The molecular formula is C11H16BrNOS. The fraction of sp³-hybridized carbons (Fsp3) is 0.636. The monoisotopic (exact) mass is 289 g/mol. The molecule has 1 aromatic heterocycles. The Labute approximate surface area is 103 Å². The molecule has 0 spiro atoms. The van der Waals surface area contributed by atoms with Gasteiger partial charge in [-0.2, -0.15) is 0 Å². The molecule has 1 heterocycles. The fourth-order valence-electron chi connectivity index (χ4n) is 1.79. The molecule has 1 saturated carbocycles. The quantitative estimate of drug-likeness (QED) is 0.874. The van der Waals surface area contributed by atoms with Crippen molar-refractivity contribution in [3.63, 3.8) is 0 Å². The van der Waals surface area contributed by atoms with Crippen LogP contribution in [0.15, 0.2) is 15.2 Å². The van der Waals surface area contributed by atoms with Crippen LogP contribution in [0.1, 0.15) is 25.3 Å². The first-order valence-electron chi connectivity index (χ1n) is 5.23. The summed E-state index contributed by atoms with van der Waals surface area (Å²) < 4.78 is 1.16. The third-order valence-electron chi connectivity index (χ3n) is 3.12. The van der Waals surface area contributed by atoms with E-state index in [1.165, 1.54) is 18.4 Å². The van der Waals surface area contributed by atoms with Gasteiger partial charge in [-0.1, -0.05) is 0 Å². The van der Waals surface area contributed by atoms with E-state index in [9.17, 15) is 5.11 Å². The lowest BCUT2D eigenvalue weighted by Gasteiger charge is -2.28.